The van der Waals surface area contributed by atoms with Crippen LogP contribution >= 0.6 is 0 Å². The second-order valence-electron chi connectivity index (χ2n) is 14.5. The van der Waals surface area contributed by atoms with Crippen LogP contribution in [-0.2, 0) is 4.79 Å². The van der Waals surface area contributed by atoms with Gasteiger partial charge in [0.05, 0.1) is 17.8 Å². The minimum Gasteiger partial charge on any atom is -0.392 e. The maximum atomic E-state index is 12.9. The average Bonchev–Trinajstić information content (AvgIpc) is 3.07. The van der Waals surface area contributed by atoms with Crippen LogP contribution in [0.15, 0.2) is 11.1 Å². The van der Waals surface area contributed by atoms with E-state index >= 15 is 0 Å². The lowest BCUT2D eigenvalue weighted by Gasteiger charge is -2.69. The number of carbonyl (C=O) groups is 1. The van der Waals surface area contributed by atoms with E-state index in [4.69, 9.17) is 0 Å². The Labute approximate surface area is 212 Å². The molecule has 5 nitrogen and oxygen atoms in total. The number of hydrogen-bond donors (Lipinski definition) is 4. The van der Waals surface area contributed by atoms with Crippen molar-refractivity contribution in [2.45, 2.75) is 131 Å². The van der Waals surface area contributed by atoms with Gasteiger partial charge in [-0.15, -0.1) is 0 Å². The van der Waals surface area contributed by atoms with E-state index in [2.05, 4.69) is 41.5 Å². The average molecular weight is 491 g/mol. The maximum Gasteiger partial charge on any atom is 0.138 e. The highest BCUT2D eigenvalue weighted by atomic mass is 16.4. The number of fused-ring (bicyclic) bond motifs is 5. The zero-order valence-corrected chi connectivity index (χ0v) is 23.3. The quantitative estimate of drug-likeness (QED) is 0.415. The lowest BCUT2D eigenvalue weighted by atomic mass is 9.36. The van der Waals surface area contributed by atoms with Gasteiger partial charge in [0.15, 0.2) is 0 Å². The maximum absolute atomic E-state index is 12.9. The summed E-state index contributed by atoms with van der Waals surface area (Å²) in [6, 6.07) is 0. The van der Waals surface area contributed by atoms with Crippen LogP contribution in [0.2, 0.25) is 0 Å². The number of aliphatic hydroxyl groups excluding tert-OH is 3. The molecule has 0 unspecified atom stereocenters. The highest BCUT2D eigenvalue weighted by Crippen LogP contribution is 2.74. The van der Waals surface area contributed by atoms with E-state index in [0.29, 0.717) is 31.0 Å². The molecular weight excluding hydrogens is 440 g/mol. The van der Waals surface area contributed by atoms with Crippen LogP contribution in [0.3, 0.4) is 0 Å². The first-order valence-corrected chi connectivity index (χ1v) is 13.9. The zero-order chi connectivity index (χ0) is 26.4. The van der Waals surface area contributed by atoms with Gasteiger partial charge in [-0.1, -0.05) is 52.7 Å². The number of rotatable bonds is 5. The van der Waals surface area contributed by atoms with Crippen LogP contribution in [-0.4, -0.2) is 50.1 Å². The van der Waals surface area contributed by atoms with Gasteiger partial charge in [-0.05, 0) is 92.8 Å². The molecule has 4 aliphatic rings. The summed E-state index contributed by atoms with van der Waals surface area (Å²) in [5.74, 6) is 0.914. The Morgan fingerprint density at radius 3 is 2.26 bits per heavy atom. The molecule has 0 aromatic carbocycles. The van der Waals surface area contributed by atoms with Gasteiger partial charge in [-0.3, -0.25) is 4.79 Å². The van der Waals surface area contributed by atoms with Gasteiger partial charge >= 0.3 is 0 Å². The molecule has 0 saturated heterocycles. The van der Waals surface area contributed by atoms with Crippen molar-refractivity contribution in [1.82, 2.24) is 0 Å². The number of aliphatic hydroxyl groups is 4. The van der Waals surface area contributed by atoms with Crippen molar-refractivity contribution in [2.24, 2.45) is 39.4 Å². The van der Waals surface area contributed by atoms with Crippen molar-refractivity contribution in [3.05, 3.63) is 11.1 Å². The molecule has 0 spiro atoms. The zero-order valence-electron chi connectivity index (χ0n) is 23.3. The van der Waals surface area contributed by atoms with Gasteiger partial charge in [0.25, 0.3) is 0 Å². The molecule has 0 aliphatic heterocycles. The van der Waals surface area contributed by atoms with Crippen molar-refractivity contribution >= 4 is 5.78 Å². The Morgan fingerprint density at radius 2 is 1.66 bits per heavy atom. The van der Waals surface area contributed by atoms with Crippen LogP contribution in [0.1, 0.15) is 107 Å². The predicted octanol–water partition coefficient (Wildman–Crippen LogP) is 4.79. The monoisotopic (exact) mass is 490 g/mol. The Morgan fingerprint density at radius 1 is 1.03 bits per heavy atom. The standard InChI is InChI=1S/C30H50O5/c1-17(15-21(32)25(34)27(4,5)35)18-9-13-29(7)19(18)16-20(31)24-28(6)12-11-23(33)26(2,3)22(28)10-14-30(24,29)8/h17,20-22,24-25,31-32,34-35H,9-16H2,1-8H3/t17-,20+,21+,22-,24+,25-,28+,29+,30+/m1/s1. The first-order valence-electron chi connectivity index (χ1n) is 13.9. The largest absolute Gasteiger partial charge is 0.392 e. The van der Waals surface area contributed by atoms with Crippen molar-refractivity contribution in [1.29, 1.82) is 0 Å². The number of ketones is 1. The molecule has 4 rings (SSSR count). The SMILES string of the molecule is C[C@H](C[C@H](O)[C@@H](O)C(C)(C)O)C1=C2C[C@H](O)[C@H]3[C@@]4(C)CCC(=O)C(C)(C)[C@H]4CC[C@]3(C)[C@@]2(C)CC1. The molecule has 35 heavy (non-hydrogen) atoms. The van der Waals surface area contributed by atoms with E-state index in [-0.39, 0.29) is 33.5 Å². The van der Waals surface area contributed by atoms with Crippen LogP contribution in [0.25, 0.3) is 0 Å². The molecule has 0 radical (unpaired) electrons. The molecule has 9 atom stereocenters. The smallest absolute Gasteiger partial charge is 0.138 e. The number of hydrogen-bond acceptors (Lipinski definition) is 5. The minimum absolute atomic E-state index is 0.0140. The Bertz CT molecular complexity index is 899. The third-order valence-electron chi connectivity index (χ3n) is 11.9. The molecule has 4 aliphatic carbocycles. The Kier molecular flexibility index (Phi) is 6.53. The molecule has 5 heteroatoms. The molecule has 0 heterocycles. The van der Waals surface area contributed by atoms with Crippen molar-refractivity contribution in [3.63, 3.8) is 0 Å². The summed E-state index contributed by atoms with van der Waals surface area (Å²) >= 11 is 0. The summed E-state index contributed by atoms with van der Waals surface area (Å²) in [6.45, 7) is 16.6. The minimum atomic E-state index is -1.36. The van der Waals surface area contributed by atoms with Gasteiger partial charge in [0.1, 0.15) is 11.9 Å². The molecule has 0 amide bonds. The summed E-state index contributed by atoms with van der Waals surface area (Å²) in [4.78, 5) is 12.9. The topological polar surface area (TPSA) is 98.0 Å². The molecule has 0 aromatic rings. The van der Waals surface area contributed by atoms with Crippen LogP contribution in [0.5, 0.6) is 0 Å². The molecular formula is C30H50O5. The van der Waals surface area contributed by atoms with E-state index in [1.54, 1.807) is 0 Å². The van der Waals surface area contributed by atoms with Crippen LogP contribution in [0, 0.1) is 39.4 Å². The summed E-state index contributed by atoms with van der Waals surface area (Å²) in [7, 11) is 0. The lowest BCUT2D eigenvalue weighted by Crippen LogP contribution is -2.65. The van der Waals surface area contributed by atoms with Crippen molar-refractivity contribution in [2.75, 3.05) is 0 Å². The Balaban J connectivity index is 1.68. The number of allylic oxidation sites excluding steroid dienone is 1. The van der Waals surface area contributed by atoms with Crippen LogP contribution in [0.4, 0.5) is 0 Å². The molecule has 0 bridgehead atoms. The summed E-state index contributed by atoms with van der Waals surface area (Å²) in [5, 5.41) is 43.0. The number of carbonyl (C=O) groups excluding carboxylic acids is 1. The first kappa shape index (κ1) is 27.3. The predicted molar refractivity (Wildman–Crippen MR) is 138 cm³/mol. The fraction of sp³-hybridized carbons (Fsp3) is 0.900. The third kappa shape index (κ3) is 3.82. The number of Topliss-reactive ketones (excluding diaryl/α,β-unsaturated/α-hetero) is 1. The van der Waals surface area contributed by atoms with E-state index < -0.39 is 23.9 Å². The fourth-order valence-corrected chi connectivity index (χ4v) is 9.77. The molecule has 200 valence electrons. The molecule has 0 aromatic heterocycles. The van der Waals surface area contributed by atoms with Crippen molar-refractivity contribution in [3.8, 4) is 0 Å². The lowest BCUT2D eigenvalue weighted by molar-refractivity contribution is -0.208. The van der Waals surface area contributed by atoms with Crippen LogP contribution < -0.4 is 0 Å². The Hall–Kier alpha value is -0.750. The first-order chi connectivity index (χ1) is 15.9. The molecule has 3 fully saturated rings. The molecule has 3 saturated carbocycles. The van der Waals surface area contributed by atoms with Gasteiger partial charge in [-0.2, -0.15) is 0 Å². The third-order valence-corrected chi connectivity index (χ3v) is 11.9. The van der Waals surface area contributed by atoms with E-state index in [1.165, 1.54) is 25.0 Å². The normalized spacial score (nSPS) is 43.8. The highest BCUT2D eigenvalue weighted by Gasteiger charge is 2.69. The van der Waals surface area contributed by atoms with Gasteiger partial charge < -0.3 is 20.4 Å². The van der Waals surface area contributed by atoms with Gasteiger partial charge in [-0.25, -0.2) is 0 Å². The van der Waals surface area contributed by atoms with E-state index in [9.17, 15) is 25.2 Å². The summed E-state index contributed by atoms with van der Waals surface area (Å²) in [5.41, 5.74) is 0.895. The summed E-state index contributed by atoms with van der Waals surface area (Å²) < 4.78 is 0. The van der Waals surface area contributed by atoms with E-state index in [0.717, 1.165) is 32.1 Å². The van der Waals surface area contributed by atoms with Crippen molar-refractivity contribution < 1.29 is 25.2 Å². The highest BCUT2D eigenvalue weighted by molar-refractivity contribution is 5.85. The summed E-state index contributed by atoms with van der Waals surface area (Å²) in [6.07, 6.45) is 3.96. The fourth-order valence-electron chi connectivity index (χ4n) is 9.77. The second kappa shape index (κ2) is 8.38. The second-order valence-corrected chi connectivity index (χ2v) is 14.5. The molecule has 4 N–H and O–H groups in total. The van der Waals surface area contributed by atoms with Gasteiger partial charge in [0, 0.05) is 11.8 Å². The van der Waals surface area contributed by atoms with Gasteiger partial charge in [0.2, 0.25) is 0 Å². The van der Waals surface area contributed by atoms with E-state index in [1.807, 2.05) is 0 Å².